The normalized spacial score (nSPS) is 12.6. The Morgan fingerprint density at radius 2 is 1.66 bits per heavy atom. The minimum atomic E-state index is -4.52. The van der Waals surface area contributed by atoms with Crippen LogP contribution in [0.2, 0.25) is 0 Å². The Hall–Kier alpha value is -3.52. The highest BCUT2D eigenvalue weighted by Gasteiger charge is 2.29. The summed E-state index contributed by atoms with van der Waals surface area (Å²) in [5.41, 5.74) is 3.11. The molecule has 1 aromatic heterocycles. The van der Waals surface area contributed by atoms with Crippen molar-refractivity contribution in [1.29, 1.82) is 0 Å². The van der Waals surface area contributed by atoms with Gasteiger partial charge in [0, 0.05) is 24.1 Å². The number of pyridine rings is 1. The molecule has 0 unspecified atom stereocenters. The molecule has 0 saturated carbocycles. The summed E-state index contributed by atoms with van der Waals surface area (Å²) in [6.45, 7) is 0. The average molecular weight is 513 g/mol. The van der Waals surface area contributed by atoms with Crippen molar-refractivity contribution in [3.05, 3.63) is 82.1 Å². The van der Waals surface area contributed by atoms with Crippen molar-refractivity contribution in [1.82, 2.24) is 4.57 Å². The van der Waals surface area contributed by atoms with Gasteiger partial charge in [0.25, 0.3) is 15.7 Å². The third-order valence-electron chi connectivity index (χ3n) is 5.78. The lowest BCUT2D eigenvalue weighted by atomic mass is 9.83. The van der Waals surface area contributed by atoms with Gasteiger partial charge in [-0.3, -0.25) is 14.1 Å². The Morgan fingerprint density at radius 3 is 2.37 bits per heavy atom. The first-order valence-electron chi connectivity index (χ1n) is 10.0. The molecule has 12 heteroatoms. The zero-order chi connectivity index (χ0) is 24.9. The molecule has 4 aromatic rings. The number of aromatic nitrogens is 1. The highest BCUT2D eigenvalue weighted by molar-refractivity contribution is 7.94. The second-order valence-corrected chi connectivity index (χ2v) is 9.86. The van der Waals surface area contributed by atoms with E-state index in [1.165, 1.54) is 22.8 Å². The van der Waals surface area contributed by atoms with E-state index in [1.54, 1.807) is 43.4 Å². The second kappa shape index (κ2) is 8.61. The summed E-state index contributed by atoms with van der Waals surface area (Å²) in [4.78, 5) is 26.0. The van der Waals surface area contributed by atoms with Crippen LogP contribution < -0.4 is 10.9 Å². The molecular weight excluding hydrogens is 496 g/mol. The summed E-state index contributed by atoms with van der Waals surface area (Å²) < 4.78 is 38.5. The molecular formula is C23H16N2O8S2. The Balaban J connectivity index is 1.74. The third-order valence-corrected chi connectivity index (χ3v) is 7.27. The summed E-state index contributed by atoms with van der Waals surface area (Å²) in [5.74, 6) is -0.251. The van der Waals surface area contributed by atoms with Crippen molar-refractivity contribution >= 4 is 50.2 Å². The number of fused-ring (bicyclic) bond motifs is 2. The van der Waals surface area contributed by atoms with Crippen LogP contribution in [0.3, 0.4) is 0 Å². The van der Waals surface area contributed by atoms with Crippen LogP contribution in [0.15, 0.2) is 75.2 Å². The fraction of sp³-hybridized carbons (Fsp3) is 0.0435. The number of hydrogen-bond acceptors (Lipinski definition) is 9. The molecule has 10 nitrogen and oxygen atoms in total. The topological polar surface area (TPSA) is 144 Å². The van der Waals surface area contributed by atoms with Gasteiger partial charge in [0.1, 0.15) is 0 Å². The first-order valence-corrected chi connectivity index (χ1v) is 12.2. The van der Waals surface area contributed by atoms with E-state index in [-0.39, 0.29) is 16.2 Å². The number of carbonyl (C=O) groups is 1. The Kier molecular flexibility index (Phi) is 5.71. The molecule has 35 heavy (non-hydrogen) atoms. The summed E-state index contributed by atoms with van der Waals surface area (Å²) in [6.07, 6.45) is 0. The first kappa shape index (κ1) is 23.2. The van der Waals surface area contributed by atoms with Gasteiger partial charge in [0.15, 0.2) is 5.78 Å². The minimum Gasteiger partial charge on any atom is -0.354 e. The van der Waals surface area contributed by atoms with Gasteiger partial charge < -0.3 is 9.88 Å². The molecule has 3 aromatic carbocycles. The maximum atomic E-state index is 13.6. The van der Waals surface area contributed by atoms with Crippen molar-refractivity contribution in [3.63, 3.8) is 0 Å². The van der Waals surface area contributed by atoms with Crippen LogP contribution >= 0.6 is 12.0 Å². The molecule has 1 aliphatic carbocycles. The van der Waals surface area contributed by atoms with E-state index in [0.29, 0.717) is 56.6 Å². The van der Waals surface area contributed by atoms with Crippen LogP contribution in [0.5, 0.6) is 0 Å². The molecule has 0 bridgehead atoms. The van der Waals surface area contributed by atoms with E-state index in [9.17, 15) is 22.6 Å². The SMILES string of the molecule is Cn1c(=O)cc2c3c(c(Nc4ccc(S(=O)(=O)O)cc4SOOO)ccc31)C(=O)c1ccccc1-2. The molecule has 0 fully saturated rings. The number of nitrogens with one attached hydrogen (secondary N) is 1. The second-order valence-electron chi connectivity index (χ2n) is 7.70. The summed E-state index contributed by atoms with van der Waals surface area (Å²) in [7, 11) is -2.89. The molecule has 0 spiro atoms. The molecule has 1 heterocycles. The highest BCUT2D eigenvalue weighted by Crippen LogP contribution is 2.43. The first-order chi connectivity index (χ1) is 16.7. The molecule has 0 saturated heterocycles. The van der Waals surface area contributed by atoms with E-state index in [4.69, 9.17) is 5.26 Å². The number of benzene rings is 3. The van der Waals surface area contributed by atoms with E-state index < -0.39 is 15.0 Å². The number of rotatable bonds is 6. The maximum Gasteiger partial charge on any atom is 0.294 e. The fourth-order valence-corrected chi connectivity index (χ4v) is 5.26. The molecule has 0 amide bonds. The van der Waals surface area contributed by atoms with E-state index in [1.807, 2.05) is 0 Å². The quantitative estimate of drug-likeness (QED) is 0.131. The lowest BCUT2D eigenvalue weighted by Crippen LogP contribution is -2.21. The van der Waals surface area contributed by atoms with Gasteiger partial charge in [-0.1, -0.05) is 29.3 Å². The molecule has 1 aliphatic rings. The summed E-state index contributed by atoms with van der Waals surface area (Å²) >= 11 is 0.484. The summed E-state index contributed by atoms with van der Waals surface area (Å²) in [6, 6.07) is 15.5. The molecule has 3 N–H and O–H groups in total. The number of ketones is 1. The van der Waals surface area contributed by atoms with E-state index in [2.05, 4.69) is 14.7 Å². The Morgan fingerprint density at radius 1 is 0.943 bits per heavy atom. The maximum absolute atomic E-state index is 13.6. The molecule has 0 atom stereocenters. The van der Waals surface area contributed by atoms with Gasteiger partial charge in [0.05, 0.1) is 44.3 Å². The largest absolute Gasteiger partial charge is 0.354 e. The van der Waals surface area contributed by atoms with Gasteiger partial charge in [-0.25, -0.2) is 5.26 Å². The molecule has 0 radical (unpaired) electrons. The lowest BCUT2D eigenvalue weighted by Gasteiger charge is -2.24. The van der Waals surface area contributed by atoms with Gasteiger partial charge in [0.2, 0.25) is 0 Å². The van der Waals surface area contributed by atoms with Crippen LogP contribution in [-0.4, -0.2) is 28.6 Å². The monoisotopic (exact) mass is 512 g/mol. The van der Waals surface area contributed by atoms with Crippen LogP contribution in [0.4, 0.5) is 11.4 Å². The smallest absolute Gasteiger partial charge is 0.294 e. The number of carbonyl (C=O) groups excluding carboxylic acids is 1. The lowest BCUT2D eigenvalue weighted by molar-refractivity contribution is -0.432. The van der Waals surface area contributed by atoms with Crippen LogP contribution in [-0.2, 0) is 26.5 Å². The highest BCUT2D eigenvalue weighted by atomic mass is 32.2. The zero-order valence-electron chi connectivity index (χ0n) is 17.9. The van der Waals surface area contributed by atoms with Gasteiger partial charge in [-0.2, -0.15) is 8.42 Å². The van der Waals surface area contributed by atoms with E-state index in [0.717, 1.165) is 6.07 Å². The molecule has 178 valence electrons. The third kappa shape index (κ3) is 3.91. The number of anilines is 2. The molecule has 5 rings (SSSR count). The summed E-state index contributed by atoms with van der Waals surface area (Å²) in [5, 5.41) is 15.9. The van der Waals surface area contributed by atoms with Crippen molar-refractivity contribution in [2.45, 2.75) is 9.79 Å². The average Bonchev–Trinajstić information content (AvgIpc) is 2.84. The van der Waals surface area contributed by atoms with E-state index >= 15 is 0 Å². The van der Waals surface area contributed by atoms with Gasteiger partial charge in [-0.05, 0) is 41.5 Å². The predicted octanol–water partition coefficient (Wildman–Crippen LogP) is 4.17. The van der Waals surface area contributed by atoms with Crippen molar-refractivity contribution in [2.24, 2.45) is 7.05 Å². The number of aryl methyl sites for hydroxylation is 1. The fourth-order valence-electron chi connectivity index (χ4n) is 4.19. The number of hydrogen-bond donors (Lipinski definition) is 3. The Bertz CT molecular complexity index is 1700. The van der Waals surface area contributed by atoms with Gasteiger partial charge in [-0.15, -0.1) is 4.33 Å². The van der Waals surface area contributed by atoms with Crippen LogP contribution in [0, 0.1) is 0 Å². The van der Waals surface area contributed by atoms with Crippen LogP contribution in [0.25, 0.3) is 22.0 Å². The standard InChI is InChI=1S/C23H16N2O8S2/c1-25-18-9-8-17(24-16-7-6-12(35(29,30)31)10-19(16)34-33-32-28)22-21(18)15(11-20(25)26)13-4-2-3-5-14(13)23(22)27/h2-11,24,28H,1H3,(H,29,30,31). The molecule has 0 aliphatic heterocycles. The predicted molar refractivity (Wildman–Crippen MR) is 128 cm³/mol. The number of nitrogens with zero attached hydrogens (tertiary/aromatic N) is 1. The zero-order valence-corrected chi connectivity index (χ0v) is 19.5. The van der Waals surface area contributed by atoms with Gasteiger partial charge >= 0.3 is 0 Å². The Labute approximate surface area is 202 Å². The van der Waals surface area contributed by atoms with Crippen molar-refractivity contribution < 1.29 is 32.4 Å². The van der Waals surface area contributed by atoms with Crippen molar-refractivity contribution in [2.75, 3.05) is 5.32 Å². The van der Waals surface area contributed by atoms with Crippen molar-refractivity contribution in [3.8, 4) is 11.1 Å². The minimum absolute atomic E-state index is 0.130. The van der Waals surface area contributed by atoms with Crippen LogP contribution in [0.1, 0.15) is 15.9 Å².